The van der Waals surface area contributed by atoms with Crippen molar-refractivity contribution in [2.24, 2.45) is 0 Å². The van der Waals surface area contributed by atoms with Crippen molar-refractivity contribution in [3.05, 3.63) is 21.9 Å². The predicted octanol–water partition coefficient (Wildman–Crippen LogP) is 1.26. The summed E-state index contributed by atoms with van der Waals surface area (Å²) >= 11 is 0. The molecule has 0 amide bonds. The first-order valence-corrected chi connectivity index (χ1v) is 4.77. The van der Waals surface area contributed by atoms with E-state index in [9.17, 15) is 15.2 Å². The predicted molar refractivity (Wildman–Crippen MR) is 54.5 cm³/mol. The highest BCUT2D eigenvalue weighted by molar-refractivity contribution is 5.21. The van der Waals surface area contributed by atoms with Crippen LogP contribution in [-0.2, 0) is 6.54 Å². The zero-order chi connectivity index (χ0) is 11.6. The van der Waals surface area contributed by atoms with Gasteiger partial charge in [0.25, 0.3) is 0 Å². The summed E-state index contributed by atoms with van der Waals surface area (Å²) in [5, 5.41) is 24.1. The molecule has 6 nitrogen and oxygen atoms in total. The molecule has 0 saturated carbocycles. The maximum absolute atomic E-state index is 10.5. The Kier molecular flexibility index (Phi) is 3.09. The van der Waals surface area contributed by atoms with Crippen LogP contribution in [0.5, 0.6) is 0 Å². The highest BCUT2D eigenvalue weighted by Crippen LogP contribution is 2.16. The highest BCUT2D eigenvalue weighted by Gasteiger charge is 2.24. The van der Waals surface area contributed by atoms with Crippen LogP contribution < -0.4 is 0 Å². The molecule has 0 aromatic carbocycles. The van der Waals surface area contributed by atoms with Gasteiger partial charge in [0, 0.05) is 0 Å². The van der Waals surface area contributed by atoms with Crippen LogP contribution >= 0.6 is 0 Å². The summed E-state index contributed by atoms with van der Waals surface area (Å²) in [7, 11) is 0. The molecule has 1 rings (SSSR count). The summed E-state index contributed by atoms with van der Waals surface area (Å²) in [6.07, 6.45) is 0.570. The number of aryl methyl sites for hydroxylation is 1. The maximum atomic E-state index is 10.5. The Hall–Kier alpha value is -1.43. The van der Waals surface area contributed by atoms with Gasteiger partial charge in [-0.1, -0.05) is 6.92 Å². The van der Waals surface area contributed by atoms with Crippen molar-refractivity contribution < 1.29 is 10.0 Å². The standard InChI is InChI=1S/C9H15N3O3/c1-4-9(3,13)6-11-7(2)5-8(10-11)12(14)15/h5,13H,4,6H2,1-3H3/t9-/m1/s1. The Morgan fingerprint density at radius 2 is 2.33 bits per heavy atom. The second kappa shape index (κ2) is 3.98. The number of nitro groups is 1. The fourth-order valence-corrected chi connectivity index (χ4v) is 1.18. The summed E-state index contributed by atoms with van der Waals surface area (Å²) < 4.78 is 1.46. The molecule has 1 heterocycles. The number of nitrogens with zero attached hydrogens (tertiary/aromatic N) is 3. The van der Waals surface area contributed by atoms with Gasteiger partial charge in [0.05, 0.1) is 29.0 Å². The highest BCUT2D eigenvalue weighted by atomic mass is 16.6. The molecule has 84 valence electrons. The van der Waals surface area contributed by atoms with Gasteiger partial charge in [-0.3, -0.25) is 0 Å². The van der Waals surface area contributed by atoms with Crippen LogP contribution in [0.3, 0.4) is 0 Å². The molecule has 0 aliphatic carbocycles. The molecule has 6 heteroatoms. The van der Waals surface area contributed by atoms with E-state index in [1.165, 1.54) is 10.7 Å². The van der Waals surface area contributed by atoms with E-state index in [1.54, 1.807) is 13.8 Å². The molecule has 15 heavy (non-hydrogen) atoms. The fourth-order valence-electron chi connectivity index (χ4n) is 1.18. The van der Waals surface area contributed by atoms with E-state index in [4.69, 9.17) is 0 Å². The first-order chi connectivity index (χ1) is 6.85. The Bertz CT molecular complexity index is 371. The van der Waals surface area contributed by atoms with Crippen molar-refractivity contribution in [3.63, 3.8) is 0 Å². The zero-order valence-electron chi connectivity index (χ0n) is 9.10. The smallest absolute Gasteiger partial charge is 0.388 e. The fraction of sp³-hybridized carbons (Fsp3) is 0.667. The van der Waals surface area contributed by atoms with E-state index in [0.717, 1.165) is 0 Å². The van der Waals surface area contributed by atoms with Gasteiger partial charge >= 0.3 is 5.82 Å². The third-order valence-electron chi connectivity index (χ3n) is 2.41. The van der Waals surface area contributed by atoms with E-state index >= 15 is 0 Å². The van der Waals surface area contributed by atoms with Crippen LogP contribution in [0.1, 0.15) is 26.0 Å². The minimum Gasteiger partial charge on any atom is -0.388 e. The quantitative estimate of drug-likeness (QED) is 0.603. The molecule has 0 radical (unpaired) electrons. The van der Waals surface area contributed by atoms with Crippen LogP contribution in [0.4, 0.5) is 5.82 Å². The van der Waals surface area contributed by atoms with Crippen molar-refractivity contribution in [2.75, 3.05) is 0 Å². The minimum absolute atomic E-state index is 0.181. The second-order valence-electron chi connectivity index (χ2n) is 3.91. The van der Waals surface area contributed by atoms with E-state index in [0.29, 0.717) is 12.1 Å². The molecule has 1 N–H and O–H groups in total. The summed E-state index contributed by atoms with van der Waals surface area (Å²) in [6, 6.07) is 1.39. The summed E-state index contributed by atoms with van der Waals surface area (Å²) in [5.74, 6) is -0.181. The molecule has 0 unspecified atom stereocenters. The lowest BCUT2D eigenvalue weighted by atomic mass is 10.0. The lowest BCUT2D eigenvalue weighted by molar-refractivity contribution is -0.389. The number of aromatic nitrogens is 2. The van der Waals surface area contributed by atoms with Gasteiger partial charge in [-0.15, -0.1) is 0 Å². The SMILES string of the molecule is CC[C@@](C)(O)Cn1nc([N+](=O)[O-])cc1C. The molecule has 0 aliphatic rings. The largest absolute Gasteiger partial charge is 0.390 e. The van der Waals surface area contributed by atoms with Gasteiger partial charge in [0.1, 0.15) is 0 Å². The van der Waals surface area contributed by atoms with Crippen LogP contribution in [0.2, 0.25) is 0 Å². The minimum atomic E-state index is -0.884. The summed E-state index contributed by atoms with van der Waals surface area (Å²) in [5.41, 5.74) is -0.208. The van der Waals surface area contributed by atoms with Gasteiger partial charge < -0.3 is 15.2 Å². The Morgan fingerprint density at radius 3 is 2.73 bits per heavy atom. The van der Waals surface area contributed by atoms with Crippen LogP contribution in [-0.4, -0.2) is 25.4 Å². The first kappa shape index (κ1) is 11.6. The van der Waals surface area contributed by atoms with E-state index in [1.807, 2.05) is 6.92 Å². The molecular formula is C9H15N3O3. The second-order valence-corrected chi connectivity index (χ2v) is 3.91. The van der Waals surface area contributed by atoms with Gasteiger partial charge in [-0.2, -0.15) is 4.68 Å². The average Bonchev–Trinajstić information content (AvgIpc) is 2.47. The van der Waals surface area contributed by atoms with Crippen molar-refractivity contribution in [1.29, 1.82) is 0 Å². The Labute approximate surface area is 87.7 Å². The lowest BCUT2D eigenvalue weighted by Crippen LogP contribution is -2.30. The first-order valence-electron chi connectivity index (χ1n) is 4.77. The average molecular weight is 213 g/mol. The van der Waals surface area contributed by atoms with Crippen molar-refractivity contribution in [2.45, 2.75) is 39.3 Å². The molecule has 0 bridgehead atoms. The maximum Gasteiger partial charge on any atom is 0.390 e. The van der Waals surface area contributed by atoms with Gasteiger partial charge in [-0.25, -0.2) is 0 Å². The molecule has 1 atom stereocenters. The van der Waals surface area contributed by atoms with Crippen molar-refractivity contribution in [1.82, 2.24) is 9.78 Å². The Balaban J connectivity index is 2.91. The third kappa shape index (κ3) is 2.76. The molecule has 1 aromatic rings. The van der Waals surface area contributed by atoms with Crippen LogP contribution in [0, 0.1) is 17.0 Å². The third-order valence-corrected chi connectivity index (χ3v) is 2.41. The monoisotopic (exact) mass is 213 g/mol. The van der Waals surface area contributed by atoms with E-state index < -0.39 is 10.5 Å². The van der Waals surface area contributed by atoms with E-state index in [2.05, 4.69) is 5.10 Å². The van der Waals surface area contributed by atoms with Gasteiger partial charge in [-0.05, 0) is 25.2 Å². The topological polar surface area (TPSA) is 81.2 Å². The Morgan fingerprint density at radius 1 is 1.73 bits per heavy atom. The number of rotatable bonds is 4. The molecule has 0 fully saturated rings. The summed E-state index contributed by atoms with van der Waals surface area (Å²) in [4.78, 5) is 9.93. The number of hydrogen-bond acceptors (Lipinski definition) is 4. The van der Waals surface area contributed by atoms with Crippen molar-refractivity contribution >= 4 is 5.82 Å². The number of hydrogen-bond donors (Lipinski definition) is 1. The molecule has 1 aromatic heterocycles. The molecule has 0 saturated heterocycles. The van der Waals surface area contributed by atoms with Gasteiger partial charge in [0.2, 0.25) is 0 Å². The van der Waals surface area contributed by atoms with E-state index in [-0.39, 0.29) is 12.4 Å². The molecule has 0 aliphatic heterocycles. The molecule has 0 spiro atoms. The normalized spacial score (nSPS) is 14.9. The summed E-state index contributed by atoms with van der Waals surface area (Å²) in [6.45, 7) is 5.53. The number of aliphatic hydroxyl groups is 1. The van der Waals surface area contributed by atoms with Crippen LogP contribution in [0.25, 0.3) is 0 Å². The molecular weight excluding hydrogens is 198 g/mol. The zero-order valence-corrected chi connectivity index (χ0v) is 9.10. The lowest BCUT2D eigenvalue weighted by Gasteiger charge is -2.19. The van der Waals surface area contributed by atoms with Crippen LogP contribution in [0.15, 0.2) is 6.07 Å². The van der Waals surface area contributed by atoms with Crippen molar-refractivity contribution in [3.8, 4) is 0 Å². The van der Waals surface area contributed by atoms with Gasteiger partial charge in [0.15, 0.2) is 0 Å².